The van der Waals surface area contributed by atoms with Gasteiger partial charge in [0, 0.05) is 11.9 Å². The number of aromatic nitrogens is 2. The molecule has 0 amide bonds. The van der Waals surface area contributed by atoms with Crippen LogP contribution in [0.2, 0.25) is 0 Å². The van der Waals surface area contributed by atoms with Gasteiger partial charge in [0.15, 0.2) is 0 Å². The maximum atomic E-state index is 12.0. The molecule has 0 spiro atoms. The zero-order valence-corrected chi connectivity index (χ0v) is 10.8. The van der Waals surface area contributed by atoms with Gasteiger partial charge in [0.1, 0.15) is 0 Å². The first kappa shape index (κ1) is 11.8. The van der Waals surface area contributed by atoms with Crippen LogP contribution in [0.5, 0.6) is 0 Å². The molecule has 0 bridgehead atoms. The van der Waals surface area contributed by atoms with Gasteiger partial charge in [-0.05, 0) is 18.4 Å². The smallest absolute Gasteiger partial charge is 0.291 e. The van der Waals surface area contributed by atoms with Crippen LogP contribution in [0.25, 0.3) is 10.9 Å². The fourth-order valence-electron chi connectivity index (χ4n) is 2.01. The maximum Gasteiger partial charge on any atom is 0.348 e. The van der Waals surface area contributed by atoms with Gasteiger partial charge in [-0.25, -0.2) is 4.79 Å². The van der Waals surface area contributed by atoms with Crippen LogP contribution < -0.4 is 5.69 Å². The Morgan fingerprint density at radius 2 is 1.88 bits per heavy atom. The van der Waals surface area contributed by atoms with Gasteiger partial charge >= 0.3 is 5.69 Å². The first-order chi connectivity index (χ1) is 7.88. The number of nitrogens with zero attached hydrogens (tertiary/aromatic N) is 2. The lowest BCUT2D eigenvalue weighted by atomic mass is 9.96. The van der Waals surface area contributed by atoms with Crippen molar-refractivity contribution in [1.29, 1.82) is 0 Å². The number of hydrogen-bond donors (Lipinski definition) is 0. The molecule has 1 heterocycles. The molecule has 0 N–H and O–H groups in total. The van der Waals surface area contributed by atoms with Crippen molar-refractivity contribution in [3.63, 3.8) is 0 Å². The quantitative estimate of drug-likeness (QED) is 0.755. The summed E-state index contributed by atoms with van der Waals surface area (Å²) in [5.41, 5.74) is 1.68. The van der Waals surface area contributed by atoms with Gasteiger partial charge in [-0.1, -0.05) is 39.0 Å². The molecule has 0 saturated carbocycles. The minimum Gasteiger partial charge on any atom is -0.291 e. The van der Waals surface area contributed by atoms with Crippen molar-refractivity contribution in [3.05, 3.63) is 40.4 Å². The number of aryl methyl sites for hydroxylation is 1. The number of fused-ring (bicyclic) bond motifs is 1. The van der Waals surface area contributed by atoms with Crippen LogP contribution in [0.3, 0.4) is 0 Å². The minimum atomic E-state index is -0.156. The first-order valence-corrected chi connectivity index (χ1v) is 5.85. The molecule has 0 aliphatic rings. The topological polar surface area (TPSA) is 34.9 Å². The number of para-hydroxylation sites is 1. The lowest BCUT2D eigenvalue weighted by Gasteiger charge is -2.21. The van der Waals surface area contributed by atoms with E-state index in [1.807, 2.05) is 31.2 Å². The van der Waals surface area contributed by atoms with E-state index in [9.17, 15) is 4.79 Å². The summed E-state index contributed by atoms with van der Waals surface area (Å²) < 4.78 is 1.77. The molecule has 0 unspecified atom stereocenters. The average Bonchev–Trinajstić information content (AvgIpc) is 2.23. The summed E-state index contributed by atoms with van der Waals surface area (Å²) in [4.78, 5) is 16.1. The van der Waals surface area contributed by atoms with Crippen molar-refractivity contribution >= 4 is 10.9 Å². The molecule has 0 radical (unpaired) electrons. The number of hydrogen-bond acceptors (Lipinski definition) is 2. The van der Waals surface area contributed by atoms with Crippen molar-refractivity contribution in [2.45, 2.75) is 34.2 Å². The van der Waals surface area contributed by atoms with Crippen molar-refractivity contribution in [1.82, 2.24) is 9.55 Å². The molecule has 2 rings (SSSR count). The summed E-state index contributed by atoms with van der Waals surface area (Å²) in [5, 5.41) is 1.05. The summed E-state index contributed by atoms with van der Waals surface area (Å²) in [5.74, 6) is 0. The fraction of sp³-hybridized carbons (Fsp3) is 0.429. The van der Waals surface area contributed by atoms with E-state index in [4.69, 9.17) is 0 Å². The summed E-state index contributed by atoms with van der Waals surface area (Å²) in [6.07, 6.45) is 0. The Hall–Kier alpha value is -1.64. The molecule has 3 heteroatoms. The molecule has 0 fully saturated rings. The van der Waals surface area contributed by atoms with Crippen LogP contribution in [0, 0.1) is 12.3 Å². The maximum absolute atomic E-state index is 12.0. The van der Waals surface area contributed by atoms with E-state index in [0.29, 0.717) is 6.54 Å². The molecule has 2 aromatic rings. The monoisotopic (exact) mass is 230 g/mol. The van der Waals surface area contributed by atoms with Crippen molar-refractivity contribution in [2.24, 2.45) is 5.41 Å². The van der Waals surface area contributed by atoms with Gasteiger partial charge in [0.05, 0.1) is 11.2 Å². The number of rotatable bonds is 1. The summed E-state index contributed by atoms with van der Waals surface area (Å²) in [7, 11) is 0. The molecule has 0 aliphatic carbocycles. The molecule has 90 valence electrons. The highest BCUT2D eigenvalue weighted by Crippen LogP contribution is 2.20. The highest BCUT2D eigenvalue weighted by Gasteiger charge is 2.15. The predicted molar refractivity (Wildman–Crippen MR) is 70.2 cm³/mol. The van der Waals surface area contributed by atoms with E-state index < -0.39 is 0 Å². The normalized spacial score (nSPS) is 12.0. The Kier molecular flexibility index (Phi) is 2.77. The second-order valence-electron chi connectivity index (χ2n) is 5.64. The zero-order chi connectivity index (χ0) is 12.6. The van der Waals surface area contributed by atoms with Gasteiger partial charge in [0.25, 0.3) is 0 Å². The molecule has 1 aromatic heterocycles. The highest BCUT2D eigenvalue weighted by atomic mass is 16.1. The summed E-state index contributed by atoms with van der Waals surface area (Å²) in [6.45, 7) is 8.92. The van der Waals surface area contributed by atoms with Crippen molar-refractivity contribution in [2.75, 3.05) is 0 Å². The third kappa shape index (κ3) is 2.38. The van der Waals surface area contributed by atoms with Gasteiger partial charge in [0.2, 0.25) is 0 Å². The highest BCUT2D eigenvalue weighted by molar-refractivity contribution is 5.80. The lowest BCUT2D eigenvalue weighted by Crippen LogP contribution is -2.29. The van der Waals surface area contributed by atoms with Gasteiger partial charge in [-0.15, -0.1) is 0 Å². The van der Waals surface area contributed by atoms with Gasteiger partial charge in [-0.2, -0.15) is 4.98 Å². The second-order valence-corrected chi connectivity index (χ2v) is 5.64. The molecule has 0 saturated heterocycles. The van der Waals surface area contributed by atoms with Crippen LogP contribution in [-0.2, 0) is 6.54 Å². The Morgan fingerprint density at radius 3 is 2.53 bits per heavy atom. The van der Waals surface area contributed by atoms with Gasteiger partial charge < -0.3 is 0 Å². The van der Waals surface area contributed by atoms with E-state index in [0.717, 1.165) is 16.6 Å². The Labute approximate surface area is 101 Å². The second kappa shape index (κ2) is 3.99. The Bertz CT molecular complexity index is 606. The van der Waals surface area contributed by atoms with E-state index in [-0.39, 0.29) is 11.1 Å². The van der Waals surface area contributed by atoms with E-state index in [1.54, 1.807) is 4.57 Å². The van der Waals surface area contributed by atoms with Gasteiger partial charge in [-0.3, -0.25) is 4.57 Å². The van der Waals surface area contributed by atoms with Crippen LogP contribution in [0.4, 0.5) is 0 Å². The predicted octanol–water partition coefficient (Wildman–Crippen LogP) is 2.75. The molecule has 3 nitrogen and oxygen atoms in total. The standard InChI is InChI=1S/C14H18N2O/c1-10-11-7-5-6-8-12(11)16(13(17)15-10)9-14(2,3)4/h5-8H,9H2,1-4H3. The Balaban J connectivity index is 2.74. The van der Waals surface area contributed by atoms with E-state index in [2.05, 4.69) is 25.8 Å². The minimum absolute atomic E-state index is 0.0591. The SMILES string of the molecule is Cc1nc(=O)n(CC(C)(C)C)c2ccccc12. The first-order valence-electron chi connectivity index (χ1n) is 5.85. The summed E-state index contributed by atoms with van der Waals surface area (Å²) >= 11 is 0. The molecule has 0 atom stereocenters. The fourth-order valence-corrected chi connectivity index (χ4v) is 2.01. The third-order valence-electron chi connectivity index (χ3n) is 2.71. The third-order valence-corrected chi connectivity index (χ3v) is 2.71. The summed E-state index contributed by atoms with van der Waals surface area (Å²) in [6, 6.07) is 7.93. The Morgan fingerprint density at radius 1 is 1.24 bits per heavy atom. The zero-order valence-electron chi connectivity index (χ0n) is 10.8. The van der Waals surface area contributed by atoms with E-state index >= 15 is 0 Å². The van der Waals surface area contributed by atoms with Crippen LogP contribution in [-0.4, -0.2) is 9.55 Å². The largest absolute Gasteiger partial charge is 0.348 e. The van der Waals surface area contributed by atoms with Crippen LogP contribution >= 0.6 is 0 Å². The molecule has 0 aliphatic heterocycles. The molecular weight excluding hydrogens is 212 g/mol. The van der Waals surface area contributed by atoms with Crippen molar-refractivity contribution < 1.29 is 0 Å². The van der Waals surface area contributed by atoms with Crippen LogP contribution in [0.15, 0.2) is 29.1 Å². The van der Waals surface area contributed by atoms with Crippen LogP contribution in [0.1, 0.15) is 26.5 Å². The number of benzene rings is 1. The molecule has 1 aromatic carbocycles. The van der Waals surface area contributed by atoms with Crippen molar-refractivity contribution in [3.8, 4) is 0 Å². The lowest BCUT2D eigenvalue weighted by molar-refractivity contribution is 0.341. The van der Waals surface area contributed by atoms with E-state index in [1.165, 1.54) is 0 Å². The molecule has 17 heavy (non-hydrogen) atoms. The molecular formula is C14H18N2O. The average molecular weight is 230 g/mol.